The monoisotopic (exact) mass is 370 g/mol. The van der Waals surface area contributed by atoms with E-state index in [1.165, 1.54) is 24.4 Å². The number of aromatic amines is 2. The quantitative estimate of drug-likeness (QED) is 0.297. The fourth-order valence-corrected chi connectivity index (χ4v) is 3.37. The Balaban J connectivity index is 1.55. The number of nitrogen functional groups attached to an aromatic ring is 1. The average molecular weight is 370 g/mol. The highest BCUT2D eigenvalue weighted by atomic mass is 32.2. The molecule has 5 N–H and O–H groups in total. The van der Waals surface area contributed by atoms with Crippen LogP contribution in [0.15, 0.2) is 23.9 Å². The maximum atomic E-state index is 12.6. The summed E-state index contributed by atoms with van der Waals surface area (Å²) < 4.78 is 0. The first-order valence-corrected chi connectivity index (χ1v) is 8.62. The molecule has 4 aromatic heterocycles. The van der Waals surface area contributed by atoms with E-state index in [-0.39, 0.29) is 17.8 Å². The fraction of sp³-hybridized carbons (Fsp3) is 0.214. The zero-order chi connectivity index (χ0) is 18.1. The summed E-state index contributed by atoms with van der Waals surface area (Å²) in [6.45, 7) is 1.91. The van der Waals surface area contributed by atoms with Crippen molar-refractivity contribution in [3.05, 3.63) is 18.9 Å². The third kappa shape index (κ3) is 3.01. The number of nitrogens with zero attached hydrogens (tertiary/aromatic N) is 6. The van der Waals surface area contributed by atoms with Crippen molar-refractivity contribution >= 4 is 51.9 Å². The number of hydrogen-bond donors (Lipinski definition) is 4. The molecule has 0 aliphatic carbocycles. The zero-order valence-corrected chi connectivity index (χ0v) is 14.4. The third-order valence-electron chi connectivity index (χ3n) is 3.60. The normalized spacial score (nSPS) is 12.5. The van der Waals surface area contributed by atoms with Crippen molar-refractivity contribution < 1.29 is 4.79 Å². The van der Waals surface area contributed by atoms with Crippen LogP contribution in [0.4, 0.5) is 11.9 Å². The first kappa shape index (κ1) is 16.2. The van der Waals surface area contributed by atoms with Crippen molar-refractivity contribution in [3.63, 3.8) is 0 Å². The summed E-state index contributed by atoms with van der Waals surface area (Å²) in [5, 5.41) is 2.87. The number of imidazole rings is 2. The minimum atomic E-state index is -0.420. The summed E-state index contributed by atoms with van der Waals surface area (Å²) in [5.74, 6) is 0.0799. The van der Waals surface area contributed by atoms with Gasteiger partial charge in [0, 0.05) is 0 Å². The number of carbonyl (C=O) groups excluding carboxylic acids is 1. The number of anilines is 2. The minimum Gasteiger partial charge on any atom is -0.368 e. The van der Waals surface area contributed by atoms with Gasteiger partial charge in [-0.3, -0.25) is 10.1 Å². The van der Waals surface area contributed by atoms with Gasteiger partial charge in [0.25, 0.3) is 0 Å². The number of rotatable bonds is 5. The number of aromatic nitrogens is 8. The molecule has 1 atom stereocenters. The molecule has 0 saturated carbocycles. The minimum absolute atomic E-state index is 0.107. The molecule has 11 nitrogen and oxygen atoms in total. The first-order valence-electron chi connectivity index (χ1n) is 7.74. The number of carbonyl (C=O) groups is 1. The lowest BCUT2D eigenvalue weighted by Crippen LogP contribution is -2.25. The molecule has 4 aromatic rings. The van der Waals surface area contributed by atoms with Crippen molar-refractivity contribution in [1.29, 1.82) is 0 Å². The van der Waals surface area contributed by atoms with Crippen LogP contribution in [0.5, 0.6) is 0 Å². The SMILES string of the molecule is CC[C@H](Sc1nc(N)nc2nc[nH]c12)C(=O)Nc1ncc2nc[nH]c2n1. The highest BCUT2D eigenvalue weighted by molar-refractivity contribution is 8.00. The molecular weight excluding hydrogens is 356 g/mol. The molecule has 4 rings (SSSR count). The Labute approximate surface area is 150 Å². The lowest BCUT2D eigenvalue weighted by molar-refractivity contribution is -0.115. The summed E-state index contributed by atoms with van der Waals surface area (Å²) in [6, 6.07) is 0. The van der Waals surface area contributed by atoms with Crippen LogP contribution in [-0.2, 0) is 4.79 Å². The number of amides is 1. The van der Waals surface area contributed by atoms with Crippen LogP contribution in [-0.4, -0.2) is 51.0 Å². The maximum absolute atomic E-state index is 12.6. The number of hydrogen-bond acceptors (Lipinski definition) is 9. The van der Waals surface area contributed by atoms with E-state index in [2.05, 4.69) is 45.2 Å². The molecule has 0 radical (unpaired) electrons. The predicted octanol–water partition coefficient (Wildman–Crippen LogP) is 1.11. The molecule has 12 heteroatoms. The van der Waals surface area contributed by atoms with Crippen molar-refractivity contribution in [1.82, 2.24) is 39.9 Å². The molecule has 0 spiro atoms. The van der Waals surface area contributed by atoms with E-state index >= 15 is 0 Å². The molecular formula is C14H14N10OS. The molecule has 0 saturated heterocycles. The van der Waals surface area contributed by atoms with Gasteiger partial charge in [-0.25, -0.2) is 19.9 Å². The topological polar surface area (TPSA) is 164 Å². The summed E-state index contributed by atoms with van der Waals surface area (Å²) in [5.41, 5.74) is 8.01. The van der Waals surface area contributed by atoms with Gasteiger partial charge in [0.15, 0.2) is 11.3 Å². The second kappa shape index (κ2) is 6.55. The van der Waals surface area contributed by atoms with E-state index in [1.54, 1.807) is 6.20 Å². The van der Waals surface area contributed by atoms with E-state index in [0.717, 1.165) is 0 Å². The van der Waals surface area contributed by atoms with Gasteiger partial charge >= 0.3 is 0 Å². The third-order valence-corrected chi connectivity index (χ3v) is 4.95. The molecule has 4 heterocycles. The van der Waals surface area contributed by atoms with Gasteiger partial charge in [0.1, 0.15) is 16.1 Å². The van der Waals surface area contributed by atoms with Crippen molar-refractivity contribution in [3.8, 4) is 0 Å². The Morgan fingerprint density at radius 2 is 2.08 bits per heavy atom. The predicted molar refractivity (Wildman–Crippen MR) is 96.3 cm³/mol. The van der Waals surface area contributed by atoms with Crippen molar-refractivity contribution in [2.75, 3.05) is 11.1 Å². The highest BCUT2D eigenvalue weighted by Gasteiger charge is 2.22. The summed E-state index contributed by atoms with van der Waals surface area (Å²) in [7, 11) is 0. The number of nitrogens with one attached hydrogen (secondary N) is 3. The van der Waals surface area contributed by atoms with Gasteiger partial charge in [-0.15, -0.1) is 0 Å². The highest BCUT2D eigenvalue weighted by Crippen LogP contribution is 2.29. The molecule has 0 fully saturated rings. The lowest BCUT2D eigenvalue weighted by Gasteiger charge is -2.13. The van der Waals surface area contributed by atoms with Gasteiger partial charge in [0.2, 0.25) is 17.8 Å². The molecule has 0 aliphatic rings. The lowest BCUT2D eigenvalue weighted by atomic mass is 10.3. The number of nitrogens with two attached hydrogens (primary N) is 1. The molecule has 0 aromatic carbocycles. The zero-order valence-electron chi connectivity index (χ0n) is 13.6. The van der Waals surface area contributed by atoms with E-state index in [0.29, 0.717) is 33.8 Å². The Morgan fingerprint density at radius 3 is 2.92 bits per heavy atom. The number of thioether (sulfide) groups is 1. The number of fused-ring (bicyclic) bond motifs is 2. The van der Waals surface area contributed by atoms with Crippen LogP contribution in [0.25, 0.3) is 22.3 Å². The van der Waals surface area contributed by atoms with Crippen LogP contribution in [0.1, 0.15) is 13.3 Å². The summed E-state index contributed by atoms with van der Waals surface area (Å²) in [4.78, 5) is 43.2. The molecule has 0 unspecified atom stereocenters. The Kier molecular flexibility index (Phi) is 4.08. The van der Waals surface area contributed by atoms with Gasteiger partial charge in [-0.2, -0.15) is 9.97 Å². The standard InChI is InChI=1S/C14H14N10OS/c1-2-7(26-12-8-10(20-5-18-8)21-13(15)24-12)11(25)23-14-16-3-6-9(22-14)19-4-17-6/h3-5,7H,2H2,1H3,(H3,15,18,20,21,24)(H2,16,17,19,22,23,25)/t7-/m0/s1. The van der Waals surface area contributed by atoms with Crippen molar-refractivity contribution in [2.45, 2.75) is 23.6 Å². The van der Waals surface area contributed by atoms with Crippen LogP contribution in [0.2, 0.25) is 0 Å². The van der Waals surface area contributed by atoms with Crippen LogP contribution in [0, 0.1) is 0 Å². The number of H-pyrrole nitrogens is 2. The second-order valence-corrected chi connectivity index (χ2v) is 6.51. The van der Waals surface area contributed by atoms with Gasteiger partial charge in [0.05, 0.1) is 24.1 Å². The molecule has 132 valence electrons. The van der Waals surface area contributed by atoms with Gasteiger partial charge in [-0.05, 0) is 6.42 Å². The van der Waals surface area contributed by atoms with Crippen LogP contribution >= 0.6 is 11.8 Å². The Morgan fingerprint density at radius 1 is 1.23 bits per heavy atom. The van der Waals surface area contributed by atoms with E-state index < -0.39 is 5.25 Å². The molecule has 26 heavy (non-hydrogen) atoms. The van der Waals surface area contributed by atoms with E-state index in [4.69, 9.17) is 5.73 Å². The molecule has 1 amide bonds. The Bertz CT molecular complexity index is 1090. The maximum Gasteiger partial charge on any atom is 0.240 e. The molecule has 0 bridgehead atoms. The van der Waals surface area contributed by atoms with E-state index in [9.17, 15) is 4.79 Å². The van der Waals surface area contributed by atoms with Crippen LogP contribution in [0.3, 0.4) is 0 Å². The van der Waals surface area contributed by atoms with Gasteiger partial charge < -0.3 is 15.7 Å². The van der Waals surface area contributed by atoms with Crippen LogP contribution < -0.4 is 11.1 Å². The van der Waals surface area contributed by atoms with Gasteiger partial charge in [-0.1, -0.05) is 18.7 Å². The first-order chi connectivity index (χ1) is 12.6. The van der Waals surface area contributed by atoms with Crippen molar-refractivity contribution in [2.24, 2.45) is 0 Å². The Hall–Kier alpha value is -3.28. The second-order valence-electron chi connectivity index (χ2n) is 5.32. The largest absolute Gasteiger partial charge is 0.368 e. The van der Waals surface area contributed by atoms with E-state index in [1.807, 2.05) is 6.92 Å². The smallest absolute Gasteiger partial charge is 0.240 e. The average Bonchev–Trinajstić information content (AvgIpc) is 3.27. The summed E-state index contributed by atoms with van der Waals surface area (Å²) >= 11 is 1.28. The fourth-order valence-electron chi connectivity index (χ4n) is 2.35. The molecule has 0 aliphatic heterocycles. The summed E-state index contributed by atoms with van der Waals surface area (Å²) in [6.07, 6.45) is 5.15.